The fourth-order valence-electron chi connectivity index (χ4n) is 2.41. The van der Waals surface area contributed by atoms with Crippen LogP contribution in [0.15, 0.2) is 53.5 Å². The van der Waals surface area contributed by atoms with Crippen molar-refractivity contribution in [1.29, 1.82) is 0 Å². The zero-order valence-corrected chi connectivity index (χ0v) is 13.9. The van der Waals surface area contributed by atoms with Crippen LogP contribution in [0.2, 0.25) is 0 Å². The standard InChI is InChI=1S/C18H15BrS/c1-11-8-12(2)16(19)10-15(11)13(3)18-9-14-6-4-5-7-17(14)20-18/h4-10H,3H2,1-2H3. The normalized spacial score (nSPS) is 10.9. The zero-order chi connectivity index (χ0) is 14.3. The second kappa shape index (κ2) is 5.19. The fourth-order valence-corrected chi connectivity index (χ4v) is 3.81. The molecule has 0 saturated carbocycles. The molecule has 0 aliphatic rings. The van der Waals surface area contributed by atoms with Crippen LogP contribution in [0.1, 0.15) is 21.6 Å². The van der Waals surface area contributed by atoms with Gasteiger partial charge in [0.05, 0.1) is 0 Å². The van der Waals surface area contributed by atoms with Gasteiger partial charge in [-0.05, 0) is 59.7 Å². The molecule has 0 spiro atoms. The van der Waals surface area contributed by atoms with Gasteiger partial charge in [-0.1, -0.05) is 46.8 Å². The molecule has 0 saturated heterocycles. The molecule has 0 aliphatic heterocycles. The summed E-state index contributed by atoms with van der Waals surface area (Å²) in [4.78, 5) is 1.24. The highest BCUT2D eigenvalue weighted by Gasteiger charge is 2.11. The van der Waals surface area contributed by atoms with Crippen LogP contribution in [-0.4, -0.2) is 0 Å². The number of thiophene rings is 1. The summed E-state index contributed by atoms with van der Waals surface area (Å²) in [5, 5.41) is 1.29. The molecular weight excluding hydrogens is 328 g/mol. The Morgan fingerprint density at radius 2 is 1.80 bits per heavy atom. The van der Waals surface area contributed by atoms with E-state index in [0.29, 0.717) is 0 Å². The maximum atomic E-state index is 4.31. The molecule has 100 valence electrons. The van der Waals surface area contributed by atoms with E-state index in [1.165, 1.54) is 31.7 Å². The van der Waals surface area contributed by atoms with Crippen LogP contribution in [0.3, 0.4) is 0 Å². The van der Waals surface area contributed by atoms with E-state index in [-0.39, 0.29) is 0 Å². The van der Waals surface area contributed by atoms with Crippen LogP contribution in [0, 0.1) is 13.8 Å². The minimum absolute atomic E-state index is 1.10. The summed E-state index contributed by atoms with van der Waals surface area (Å²) < 4.78 is 2.45. The number of benzene rings is 2. The molecule has 2 aromatic carbocycles. The Balaban J connectivity index is 2.10. The lowest BCUT2D eigenvalue weighted by molar-refractivity contribution is 1.33. The van der Waals surface area contributed by atoms with Crippen molar-refractivity contribution in [2.75, 3.05) is 0 Å². The van der Waals surface area contributed by atoms with Gasteiger partial charge in [0, 0.05) is 14.0 Å². The minimum Gasteiger partial charge on any atom is -0.135 e. The van der Waals surface area contributed by atoms with E-state index < -0.39 is 0 Å². The smallest absolute Gasteiger partial charge is 0.0355 e. The van der Waals surface area contributed by atoms with Crippen molar-refractivity contribution in [3.63, 3.8) is 0 Å². The van der Waals surface area contributed by atoms with Crippen molar-refractivity contribution < 1.29 is 0 Å². The highest BCUT2D eigenvalue weighted by molar-refractivity contribution is 9.10. The lowest BCUT2D eigenvalue weighted by atomic mass is 9.98. The summed E-state index contributed by atoms with van der Waals surface area (Å²) in [5.74, 6) is 0. The van der Waals surface area contributed by atoms with Crippen LogP contribution < -0.4 is 0 Å². The third kappa shape index (κ3) is 2.34. The molecule has 2 heteroatoms. The quantitative estimate of drug-likeness (QED) is 0.509. The molecule has 3 aromatic rings. The average Bonchev–Trinajstić information content (AvgIpc) is 2.86. The van der Waals surface area contributed by atoms with E-state index >= 15 is 0 Å². The Hall–Kier alpha value is -1.38. The predicted octanol–water partition coefficient (Wildman–Crippen LogP) is 6.34. The van der Waals surface area contributed by atoms with Gasteiger partial charge in [0.1, 0.15) is 0 Å². The molecule has 0 bridgehead atoms. The van der Waals surface area contributed by atoms with Crippen LogP contribution in [-0.2, 0) is 0 Å². The Labute approximate surface area is 131 Å². The number of fused-ring (bicyclic) bond motifs is 1. The zero-order valence-electron chi connectivity index (χ0n) is 11.5. The van der Waals surface area contributed by atoms with E-state index in [4.69, 9.17) is 0 Å². The van der Waals surface area contributed by atoms with Gasteiger partial charge in [0.15, 0.2) is 0 Å². The number of aryl methyl sites for hydroxylation is 2. The molecule has 3 rings (SSSR count). The second-order valence-electron chi connectivity index (χ2n) is 5.04. The monoisotopic (exact) mass is 342 g/mol. The first-order valence-corrected chi connectivity index (χ1v) is 8.12. The van der Waals surface area contributed by atoms with Crippen molar-refractivity contribution in [1.82, 2.24) is 0 Å². The van der Waals surface area contributed by atoms with Gasteiger partial charge >= 0.3 is 0 Å². The molecule has 0 aliphatic carbocycles. The first kappa shape index (κ1) is 13.6. The Kier molecular flexibility index (Phi) is 3.53. The van der Waals surface area contributed by atoms with E-state index in [1.54, 1.807) is 11.3 Å². The molecule has 0 amide bonds. The number of rotatable bonds is 2. The van der Waals surface area contributed by atoms with Crippen molar-refractivity contribution in [2.45, 2.75) is 13.8 Å². The minimum atomic E-state index is 1.10. The molecule has 20 heavy (non-hydrogen) atoms. The highest BCUT2D eigenvalue weighted by Crippen LogP contribution is 2.35. The Morgan fingerprint density at radius 3 is 2.55 bits per heavy atom. The van der Waals surface area contributed by atoms with Gasteiger partial charge in [-0.3, -0.25) is 0 Å². The lowest BCUT2D eigenvalue weighted by Gasteiger charge is -2.10. The van der Waals surface area contributed by atoms with Crippen LogP contribution in [0.5, 0.6) is 0 Å². The largest absolute Gasteiger partial charge is 0.135 e. The van der Waals surface area contributed by atoms with E-state index in [2.05, 4.69) is 78.8 Å². The topological polar surface area (TPSA) is 0 Å². The first-order valence-electron chi connectivity index (χ1n) is 6.51. The molecule has 1 heterocycles. The van der Waals surface area contributed by atoms with Crippen molar-refractivity contribution >= 4 is 42.9 Å². The summed E-state index contributed by atoms with van der Waals surface area (Å²) in [6, 6.07) is 15.1. The summed E-state index contributed by atoms with van der Waals surface area (Å²) in [6.45, 7) is 8.57. The van der Waals surface area contributed by atoms with Gasteiger partial charge in [0.2, 0.25) is 0 Å². The van der Waals surface area contributed by atoms with E-state index in [1.807, 2.05) is 0 Å². The second-order valence-corrected chi connectivity index (χ2v) is 6.98. The highest BCUT2D eigenvalue weighted by atomic mass is 79.9. The maximum absolute atomic E-state index is 4.31. The van der Waals surface area contributed by atoms with Gasteiger partial charge < -0.3 is 0 Å². The molecule has 0 fully saturated rings. The Bertz CT molecular complexity index is 778. The predicted molar refractivity (Wildman–Crippen MR) is 93.6 cm³/mol. The number of halogens is 1. The summed E-state index contributed by atoms with van der Waals surface area (Å²) in [7, 11) is 0. The molecule has 0 radical (unpaired) electrons. The molecule has 1 aromatic heterocycles. The van der Waals surface area contributed by atoms with Crippen molar-refractivity contribution in [3.05, 3.63) is 75.1 Å². The molecule has 0 unspecified atom stereocenters. The molecule has 0 nitrogen and oxygen atoms in total. The third-order valence-electron chi connectivity index (χ3n) is 3.55. The molecule has 0 atom stereocenters. The van der Waals surface area contributed by atoms with Gasteiger partial charge in [-0.2, -0.15) is 0 Å². The summed E-state index contributed by atoms with van der Waals surface area (Å²) >= 11 is 5.42. The van der Waals surface area contributed by atoms with E-state index in [0.717, 1.165) is 10.0 Å². The first-order chi connectivity index (χ1) is 9.56. The van der Waals surface area contributed by atoms with Crippen LogP contribution in [0.4, 0.5) is 0 Å². The van der Waals surface area contributed by atoms with Gasteiger partial charge in [0.25, 0.3) is 0 Å². The van der Waals surface area contributed by atoms with Crippen molar-refractivity contribution in [2.24, 2.45) is 0 Å². The van der Waals surface area contributed by atoms with Crippen LogP contribution >= 0.6 is 27.3 Å². The van der Waals surface area contributed by atoms with Crippen molar-refractivity contribution in [3.8, 4) is 0 Å². The summed E-state index contributed by atoms with van der Waals surface area (Å²) in [6.07, 6.45) is 0. The van der Waals surface area contributed by atoms with Gasteiger partial charge in [-0.25, -0.2) is 0 Å². The average molecular weight is 343 g/mol. The molecule has 0 N–H and O–H groups in total. The van der Waals surface area contributed by atoms with Crippen LogP contribution in [0.25, 0.3) is 15.7 Å². The summed E-state index contributed by atoms with van der Waals surface area (Å²) in [5.41, 5.74) is 4.85. The molecular formula is C18H15BrS. The third-order valence-corrected chi connectivity index (χ3v) is 5.58. The number of hydrogen-bond acceptors (Lipinski definition) is 1. The lowest BCUT2D eigenvalue weighted by Crippen LogP contribution is -1.90. The van der Waals surface area contributed by atoms with Gasteiger partial charge in [-0.15, -0.1) is 11.3 Å². The number of hydrogen-bond donors (Lipinski definition) is 0. The SMILES string of the molecule is C=C(c1cc2ccccc2s1)c1cc(Br)c(C)cc1C. The maximum Gasteiger partial charge on any atom is 0.0355 e. The fraction of sp³-hybridized carbons (Fsp3) is 0.111. The van der Waals surface area contributed by atoms with E-state index in [9.17, 15) is 0 Å². The Morgan fingerprint density at radius 1 is 1.05 bits per heavy atom.